The quantitative estimate of drug-likeness (QED) is 0.899. The van der Waals surface area contributed by atoms with Crippen molar-refractivity contribution >= 4 is 17.2 Å². The highest BCUT2D eigenvalue weighted by atomic mass is 32.1. The molecule has 1 aliphatic carbocycles. The van der Waals surface area contributed by atoms with Gasteiger partial charge in [-0.25, -0.2) is 0 Å². The molecule has 1 amide bonds. The third-order valence-corrected chi connectivity index (χ3v) is 5.84. The summed E-state index contributed by atoms with van der Waals surface area (Å²) in [5, 5.41) is 5.39. The van der Waals surface area contributed by atoms with Crippen LogP contribution in [0.1, 0.15) is 43.4 Å². The summed E-state index contributed by atoms with van der Waals surface area (Å²) in [6.45, 7) is 5.87. The minimum Gasteiger partial charge on any atom is -0.352 e. The third kappa shape index (κ3) is 5.59. The normalized spacial score (nSPS) is 21.9. The lowest BCUT2D eigenvalue weighted by molar-refractivity contribution is -0.123. The number of nitrogens with one attached hydrogen (secondary N) is 1. The fraction of sp³-hybridized carbons (Fsp3) is 0.722. The molecule has 1 N–H and O–H groups in total. The number of nitrogens with zero attached hydrogens (tertiary/aromatic N) is 2. The summed E-state index contributed by atoms with van der Waals surface area (Å²) < 4.78 is 0. The van der Waals surface area contributed by atoms with Gasteiger partial charge < -0.3 is 5.32 Å². The Morgan fingerprint density at radius 1 is 1.09 bits per heavy atom. The Labute approximate surface area is 143 Å². The lowest BCUT2D eigenvalue weighted by atomic mass is 9.95. The van der Waals surface area contributed by atoms with Crippen LogP contribution in [0.3, 0.4) is 0 Å². The number of hydrogen-bond donors (Lipinski definition) is 1. The summed E-state index contributed by atoms with van der Waals surface area (Å²) in [6, 6.07) is 4.77. The highest BCUT2D eigenvalue weighted by molar-refractivity contribution is 7.09. The van der Waals surface area contributed by atoms with Gasteiger partial charge in [0.2, 0.25) is 5.91 Å². The van der Waals surface area contributed by atoms with Gasteiger partial charge in [0.05, 0.1) is 6.54 Å². The second kappa shape index (κ2) is 8.81. The van der Waals surface area contributed by atoms with Crippen molar-refractivity contribution < 1.29 is 4.79 Å². The summed E-state index contributed by atoms with van der Waals surface area (Å²) in [4.78, 5) is 18.5. The molecule has 2 aliphatic rings. The van der Waals surface area contributed by atoms with Gasteiger partial charge in [0, 0.05) is 30.6 Å². The average molecular weight is 336 g/mol. The lowest BCUT2D eigenvalue weighted by Crippen LogP contribution is -2.43. The molecule has 3 rings (SSSR count). The molecule has 0 unspecified atom stereocenters. The van der Waals surface area contributed by atoms with Gasteiger partial charge in [-0.05, 0) is 43.8 Å². The second-order valence-corrected chi connectivity index (χ2v) is 7.92. The standard InChI is InChI=1S/C18H29N3OS/c22-18(19-16-6-2-1-3-7-16)15-21-10-5-9-20(11-12-21)14-17-8-4-13-23-17/h4,8,13,16H,1-3,5-7,9-12,14-15H2,(H,19,22). The zero-order chi connectivity index (χ0) is 15.9. The molecule has 23 heavy (non-hydrogen) atoms. The van der Waals surface area contributed by atoms with E-state index >= 15 is 0 Å². The Balaban J connectivity index is 1.39. The predicted molar refractivity (Wildman–Crippen MR) is 95.7 cm³/mol. The first kappa shape index (κ1) is 16.9. The molecule has 0 radical (unpaired) electrons. The Morgan fingerprint density at radius 2 is 1.87 bits per heavy atom. The zero-order valence-corrected chi connectivity index (χ0v) is 14.8. The first-order chi connectivity index (χ1) is 11.3. The van der Waals surface area contributed by atoms with Gasteiger partial charge in [-0.1, -0.05) is 25.3 Å². The number of amides is 1. The minimum absolute atomic E-state index is 0.226. The fourth-order valence-electron chi connectivity index (χ4n) is 3.69. The molecule has 0 aromatic carbocycles. The maximum Gasteiger partial charge on any atom is 0.234 e. The summed E-state index contributed by atoms with van der Waals surface area (Å²) in [5.74, 6) is 0.226. The van der Waals surface area contributed by atoms with Gasteiger partial charge in [0.25, 0.3) is 0 Å². The van der Waals surface area contributed by atoms with Crippen molar-refractivity contribution in [3.63, 3.8) is 0 Å². The Kier molecular flexibility index (Phi) is 6.48. The third-order valence-electron chi connectivity index (χ3n) is 4.98. The molecule has 2 heterocycles. The van der Waals surface area contributed by atoms with E-state index in [2.05, 4.69) is 32.6 Å². The minimum atomic E-state index is 0.226. The fourth-order valence-corrected chi connectivity index (χ4v) is 4.43. The maximum atomic E-state index is 12.3. The van der Waals surface area contributed by atoms with Crippen LogP contribution in [0.25, 0.3) is 0 Å². The topological polar surface area (TPSA) is 35.6 Å². The van der Waals surface area contributed by atoms with Crippen LogP contribution in [0.5, 0.6) is 0 Å². The van der Waals surface area contributed by atoms with Crippen molar-refractivity contribution in [1.82, 2.24) is 15.1 Å². The number of carbonyl (C=O) groups excluding carboxylic acids is 1. The average Bonchev–Trinajstić information content (AvgIpc) is 2.96. The molecule has 4 nitrogen and oxygen atoms in total. The second-order valence-electron chi connectivity index (χ2n) is 6.89. The molecule has 0 spiro atoms. The molecule has 0 atom stereocenters. The molecule has 1 aromatic heterocycles. The van der Waals surface area contributed by atoms with Crippen molar-refractivity contribution in [3.05, 3.63) is 22.4 Å². The lowest BCUT2D eigenvalue weighted by Gasteiger charge is -2.25. The highest BCUT2D eigenvalue weighted by Crippen LogP contribution is 2.17. The highest BCUT2D eigenvalue weighted by Gasteiger charge is 2.20. The molecule has 1 saturated heterocycles. The molecule has 5 heteroatoms. The van der Waals surface area contributed by atoms with E-state index in [1.54, 1.807) is 0 Å². The van der Waals surface area contributed by atoms with Gasteiger partial charge in [-0.3, -0.25) is 14.6 Å². The van der Waals surface area contributed by atoms with Crippen LogP contribution in [0.4, 0.5) is 0 Å². The molecule has 2 fully saturated rings. The van der Waals surface area contributed by atoms with Crippen LogP contribution in [-0.2, 0) is 11.3 Å². The van der Waals surface area contributed by atoms with Crippen LogP contribution in [0, 0.1) is 0 Å². The van der Waals surface area contributed by atoms with Crippen molar-refractivity contribution in [2.45, 2.75) is 51.1 Å². The Hall–Kier alpha value is -0.910. The molecular weight excluding hydrogens is 306 g/mol. The number of rotatable bonds is 5. The van der Waals surface area contributed by atoms with E-state index in [4.69, 9.17) is 0 Å². The van der Waals surface area contributed by atoms with Gasteiger partial charge in [-0.2, -0.15) is 0 Å². The van der Waals surface area contributed by atoms with Gasteiger partial charge >= 0.3 is 0 Å². The molecule has 1 aliphatic heterocycles. The molecule has 1 saturated carbocycles. The van der Waals surface area contributed by atoms with E-state index in [0.29, 0.717) is 12.6 Å². The Morgan fingerprint density at radius 3 is 2.65 bits per heavy atom. The number of hydrogen-bond acceptors (Lipinski definition) is 4. The molecule has 128 valence electrons. The van der Waals surface area contributed by atoms with Crippen LogP contribution in [-0.4, -0.2) is 54.5 Å². The predicted octanol–water partition coefficient (Wildman–Crippen LogP) is 2.70. The maximum absolute atomic E-state index is 12.3. The monoisotopic (exact) mass is 335 g/mol. The zero-order valence-electron chi connectivity index (χ0n) is 14.0. The smallest absolute Gasteiger partial charge is 0.234 e. The summed E-state index contributed by atoms with van der Waals surface area (Å²) in [6.07, 6.45) is 7.36. The van der Waals surface area contributed by atoms with E-state index in [1.165, 1.54) is 37.0 Å². The summed E-state index contributed by atoms with van der Waals surface area (Å²) >= 11 is 1.83. The first-order valence-corrected chi connectivity index (χ1v) is 9.94. The van der Waals surface area contributed by atoms with Gasteiger partial charge in [0.1, 0.15) is 0 Å². The van der Waals surface area contributed by atoms with Gasteiger partial charge in [0.15, 0.2) is 0 Å². The van der Waals surface area contributed by atoms with Crippen LogP contribution < -0.4 is 5.32 Å². The molecule has 1 aromatic rings. The number of thiophene rings is 1. The van der Waals surface area contributed by atoms with Crippen molar-refractivity contribution in [3.8, 4) is 0 Å². The van der Waals surface area contributed by atoms with E-state index < -0.39 is 0 Å². The van der Waals surface area contributed by atoms with Crippen molar-refractivity contribution in [2.75, 3.05) is 32.7 Å². The van der Waals surface area contributed by atoms with Crippen molar-refractivity contribution in [2.24, 2.45) is 0 Å². The van der Waals surface area contributed by atoms with E-state index in [-0.39, 0.29) is 5.91 Å². The molecule has 0 bridgehead atoms. The van der Waals surface area contributed by atoms with Crippen LogP contribution in [0.15, 0.2) is 17.5 Å². The SMILES string of the molecule is O=C(CN1CCCN(Cc2cccs2)CC1)NC1CCCCC1. The summed E-state index contributed by atoms with van der Waals surface area (Å²) in [7, 11) is 0. The largest absolute Gasteiger partial charge is 0.352 e. The van der Waals surface area contributed by atoms with E-state index in [1.807, 2.05) is 11.3 Å². The van der Waals surface area contributed by atoms with Crippen molar-refractivity contribution in [1.29, 1.82) is 0 Å². The number of carbonyl (C=O) groups is 1. The van der Waals surface area contributed by atoms with E-state index in [9.17, 15) is 4.79 Å². The molecular formula is C18H29N3OS. The van der Waals surface area contributed by atoms with Crippen LogP contribution >= 0.6 is 11.3 Å². The summed E-state index contributed by atoms with van der Waals surface area (Å²) in [5.41, 5.74) is 0. The first-order valence-electron chi connectivity index (χ1n) is 9.06. The van der Waals surface area contributed by atoms with E-state index in [0.717, 1.165) is 39.1 Å². The van der Waals surface area contributed by atoms with Gasteiger partial charge in [-0.15, -0.1) is 11.3 Å². The van der Waals surface area contributed by atoms with Crippen LogP contribution in [0.2, 0.25) is 0 Å². The Bertz CT molecular complexity index is 471.